The molecule has 1 aromatic carbocycles. The van der Waals surface area contributed by atoms with Crippen molar-refractivity contribution < 1.29 is 13.2 Å². The van der Waals surface area contributed by atoms with Crippen LogP contribution in [0.15, 0.2) is 42.1 Å². The molecule has 3 rings (SSSR count). The van der Waals surface area contributed by atoms with E-state index in [-0.39, 0.29) is 18.7 Å². The third kappa shape index (κ3) is 5.03. The summed E-state index contributed by atoms with van der Waals surface area (Å²) in [5.74, 6) is 0. The first-order chi connectivity index (χ1) is 12.4. The zero-order valence-corrected chi connectivity index (χ0v) is 15.9. The van der Waals surface area contributed by atoms with Gasteiger partial charge in [-0.25, -0.2) is 18.4 Å². The fraction of sp³-hybridized carbons (Fsp3) is 0.333. The number of halogens is 1. The molecule has 0 bridgehead atoms. The first-order valence-corrected chi connectivity index (χ1v) is 10.2. The van der Waals surface area contributed by atoms with Crippen molar-refractivity contribution in [2.45, 2.75) is 25.9 Å². The van der Waals surface area contributed by atoms with Crippen LogP contribution in [0.1, 0.15) is 24.0 Å². The number of aromatic nitrogens is 2. The molecule has 1 atom stereocenters. The number of rotatable bonds is 5. The van der Waals surface area contributed by atoms with Gasteiger partial charge in [0, 0.05) is 12.0 Å². The van der Waals surface area contributed by atoms with E-state index in [1.807, 2.05) is 31.2 Å². The van der Waals surface area contributed by atoms with Crippen LogP contribution in [-0.2, 0) is 10.0 Å². The predicted octanol–water partition coefficient (Wildman–Crippen LogP) is 3.28. The second-order valence-electron chi connectivity index (χ2n) is 6.18. The van der Waals surface area contributed by atoms with E-state index in [2.05, 4.69) is 9.97 Å². The van der Waals surface area contributed by atoms with Gasteiger partial charge in [0.15, 0.2) is 0 Å². The summed E-state index contributed by atoms with van der Waals surface area (Å²) < 4.78 is 32.3. The minimum absolute atomic E-state index is 0.203. The number of sulfonamides is 1. The van der Waals surface area contributed by atoms with Crippen LogP contribution in [0.3, 0.4) is 0 Å². The molecule has 1 aliphatic rings. The van der Waals surface area contributed by atoms with E-state index in [0.29, 0.717) is 11.6 Å². The van der Waals surface area contributed by atoms with Gasteiger partial charge in [-0.1, -0.05) is 41.4 Å². The van der Waals surface area contributed by atoms with Gasteiger partial charge in [-0.2, -0.15) is 4.31 Å². The molecular weight excluding hydrogens is 374 g/mol. The molecule has 8 heteroatoms. The highest BCUT2D eigenvalue weighted by molar-refractivity contribution is 7.92. The SMILES string of the molecule is Cc1ccc(/C=C/S(=O)(=O)N2CCCC(Oc3ncc(Cl)cn3)C2)cc1. The summed E-state index contributed by atoms with van der Waals surface area (Å²) in [6, 6.07) is 7.88. The second-order valence-corrected chi connectivity index (χ2v) is 8.44. The average Bonchev–Trinajstić information content (AvgIpc) is 2.63. The minimum atomic E-state index is -3.51. The molecular formula is C18H20ClN3O3S. The van der Waals surface area contributed by atoms with Crippen molar-refractivity contribution in [3.63, 3.8) is 0 Å². The van der Waals surface area contributed by atoms with Crippen LogP contribution in [0.4, 0.5) is 0 Å². The van der Waals surface area contributed by atoms with Gasteiger partial charge >= 0.3 is 6.01 Å². The maximum atomic E-state index is 12.6. The fourth-order valence-electron chi connectivity index (χ4n) is 2.67. The molecule has 1 unspecified atom stereocenters. The van der Waals surface area contributed by atoms with Gasteiger partial charge < -0.3 is 4.74 Å². The summed E-state index contributed by atoms with van der Waals surface area (Å²) in [6.07, 6.45) is 5.70. The lowest BCUT2D eigenvalue weighted by Gasteiger charge is -2.30. The smallest absolute Gasteiger partial charge is 0.316 e. The third-order valence-electron chi connectivity index (χ3n) is 4.08. The van der Waals surface area contributed by atoms with Gasteiger partial charge in [-0.3, -0.25) is 0 Å². The van der Waals surface area contributed by atoms with Gasteiger partial charge in [0.05, 0.1) is 24.0 Å². The summed E-state index contributed by atoms with van der Waals surface area (Å²) >= 11 is 5.76. The number of benzene rings is 1. The van der Waals surface area contributed by atoms with Crippen LogP contribution in [0.5, 0.6) is 6.01 Å². The zero-order valence-electron chi connectivity index (χ0n) is 14.4. The molecule has 0 spiro atoms. The summed E-state index contributed by atoms with van der Waals surface area (Å²) in [5, 5.41) is 1.67. The molecule has 2 aromatic rings. The molecule has 1 saturated heterocycles. The second kappa shape index (κ2) is 8.16. The van der Waals surface area contributed by atoms with E-state index < -0.39 is 10.0 Å². The van der Waals surface area contributed by atoms with E-state index in [0.717, 1.165) is 24.0 Å². The van der Waals surface area contributed by atoms with Crippen molar-refractivity contribution in [1.82, 2.24) is 14.3 Å². The standard InChI is InChI=1S/C18H20ClN3O3S/c1-14-4-6-15(7-5-14)8-10-26(23,24)22-9-2-3-17(13-22)25-18-20-11-16(19)12-21-18/h4-8,10-12,17H,2-3,9,13H2,1H3/b10-8+. The lowest BCUT2D eigenvalue weighted by atomic mass is 10.1. The van der Waals surface area contributed by atoms with E-state index >= 15 is 0 Å². The van der Waals surface area contributed by atoms with Gasteiger partial charge in [0.2, 0.25) is 10.0 Å². The summed E-state index contributed by atoms with van der Waals surface area (Å²) in [6.45, 7) is 2.73. The Labute approximate surface area is 158 Å². The monoisotopic (exact) mass is 393 g/mol. The van der Waals surface area contributed by atoms with Crippen molar-refractivity contribution in [2.24, 2.45) is 0 Å². The average molecular weight is 394 g/mol. The van der Waals surface area contributed by atoms with Crippen molar-refractivity contribution in [2.75, 3.05) is 13.1 Å². The lowest BCUT2D eigenvalue weighted by Crippen LogP contribution is -2.43. The number of hydrogen-bond donors (Lipinski definition) is 0. The van der Waals surface area contributed by atoms with Crippen LogP contribution in [0, 0.1) is 6.92 Å². The molecule has 0 radical (unpaired) electrons. The van der Waals surface area contributed by atoms with Gasteiger partial charge in [-0.15, -0.1) is 0 Å². The Morgan fingerprint density at radius 3 is 2.62 bits per heavy atom. The van der Waals surface area contributed by atoms with Crippen LogP contribution >= 0.6 is 11.6 Å². The minimum Gasteiger partial charge on any atom is -0.459 e. The first-order valence-electron chi connectivity index (χ1n) is 8.31. The molecule has 1 aromatic heterocycles. The highest BCUT2D eigenvalue weighted by atomic mass is 35.5. The molecule has 2 heterocycles. The maximum absolute atomic E-state index is 12.6. The number of aryl methyl sites for hydroxylation is 1. The third-order valence-corrected chi connectivity index (χ3v) is 5.81. The molecule has 6 nitrogen and oxygen atoms in total. The van der Waals surface area contributed by atoms with Crippen LogP contribution in [0.25, 0.3) is 6.08 Å². The molecule has 138 valence electrons. The Balaban J connectivity index is 1.65. The van der Waals surface area contributed by atoms with Crippen LogP contribution in [0.2, 0.25) is 5.02 Å². The Bertz CT molecular complexity index is 868. The van der Waals surface area contributed by atoms with Gasteiger partial charge in [0.25, 0.3) is 0 Å². The van der Waals surface area contributed by atoms with Crippen molar-refractivity contribution >= 4 is 27.7 Å². The van der Waals surface area contributed by atoms with Crippen molar-refractivity contribution in [1.29, 1.82) is 0 Å². The van der Waals surface area contributed by atoms with Crippen LogP contribution in [-0.4, -0.2) is 41.9 Å². The van der Waals surface area contributed by atoms with Gasteiger partial charge in [0.1, 0.15) is 6.10 Å². The van der Waals surface area contributed by atoms with Crippen LogP contribution < -0.4 is 4.74 Å². The molecule has 0 amide bonds. The zero-order chi connectivity index (χ0) is 18.6. The lowest BCUT2D eigenvalue weighted by molar-refractivity contribution is 0.120. The number of ether oxygens (including phenoxy) is 1. The summed E-state index contributed by atoms with van der Waals surface area (Å²) in [4.78, 5) is 7.99. The van der Waals surface area contributed by atoms with Crippen molar-refractivity contribution in [3.8, 4) is 6.01 Å². The highest BCUT2D eigenvalue weighted by Crippen LogP contribution is 2.20. The first kappa shape index (κ1) is 18.8. The Morgan fingerprint density at radius 2 is 1.92 bits per heavy atom. The van der Waals surface area contributed by atoms with E-state index in [4.69, 9.17) is 16.3 Å². The predicted molar refractivity (Wildman–Crippen MR) is 101 cm³/mol. The normalized spacial score (nSPS) is 18.9. The molecule has 0 saturated carbocycles. The Kier molecular flexibility index (Phi) is 5.90. The topological polar surface area (TPSA) is 72.4 Å². The number of hydrogen-bond acceptors (Lipinski definition) is 5. The maximum Gasteiger partial charge on any atom is 0.316 e. The molecule has 1 fully saturated rings. The van der Waals surface area contributed by atoms with E-state index in [1.165, 1.54) is 22.1 Å². The molecule has 0 N–H and O–H groups in total. The van der Waals surface area contributed by atoms with E-state index in [9.17, 15) is 8.42 Å². The quantitative estimate of drug-likeness (QED) is 0.779. The highest BCUT2D eigenvalue weighted by Gasteiger charge is 2.28. The van der Waals surface area contributed by atoms with E-state index in [1.54, 1.807) is 6.08 Å². The molecule has 26 heavy (non-hydrogen) atoms. The van der Waals surface area contributed by atoms with Gasteiger partial charge in [-0.05, 0) is 31.4 Å². The molecule has 0 aliphatic carbocycles. The largest absolute Gasteiger partial charge is 0.459 e. The fourth-order valence-corrected chi connectivity index (χ4v) is 4.03. The summed E-state index contributed by atoms with van der Waals surface area (Å²) in [7, 11) is -3.51. The number of piperidine rings is 1. The number of nitrogens with zero attached hydrogens (tertiary/aromatic N) is 3. The molecule has 1 aliphatic heterocycles. The Morgan fingerprint density at radius 1 is 1.23 bits per heavy atom. The Hall–Kier alpha value is -1.96. The summed E-state index contributed by atoms with van der Waals surface area (Å²) in [5.41, 5.74) is 1.98. The van der Waals surface area contributed by atoms with Crippen molar-refractivity contribution in [3.05, 3.63) is 58.2 Å².